The predicted molar refractivity (Wildman–Crippen MR) is 188 cm³/mol. The Morgan fingerprint density at radius 3 is 1.49 bits per heavy atom. The van der Waals surface area contributed by atoms with Gasteiger partial charge in [0.2, 0.25) is 0 Å². The zero-order valence-corrected chi connectivity index (χ0v) is 24.5. The van der Waals surface area contributed by atoms with E-state index in [4.69, 9.17) is 4.98 Å². The molecule has 0 aliphatic rings. The van der Waals surface area contributed by atoms with Crippen LogP contribution in [0.25, 0.3) is 55.1 Å². The van der Waals surface area contributed by atoms with Crippen molar-refractivity contribution in [3.8, 4) is 11.4 Å². The standard InChI is InChI=1S/C41H28N4/c1-4-14-29(15-5-1)43(30-16-6-2-7-17-30)32-24-26-33(27-25-32)45-38-23-13-11-21-35(38)39-41(45)40-36(28-42-39)34-20-10-12-22-37(34)44(40)31-18-8-3-9-19-31/h1-28H. The van der Waals surface area contributed by atoms with Crippen molar-refractivity contribution in [2.24, 2.45) is 0 Å². The van der Waals surface area contributed by atoms with Crippen LogP contribution < -0.4 is 4.90 Å². The smallest absolute Gasteiger partial charge is 0.0985 e. The van der Waals surface area contributed by atoms with Crippen LogP contribution in [-0.4, -0.2) is 14.1 Å². The first kappa shape index (κ1) is 25.4. The summed E-state index contributed by atoms with van der Waals surface area (Å²) in [5.41, 5.74) is 11.1. The molecule has 0 bridgehead atoms. The van der Waals surface area contributed by atoms with Crippen molar-refractivity contribution < 1.29 is 0 Å². The van der Waals surface area contributed by atoms with Crippen LogP contribution in [-0.2, 0) is 0 Å². The van der Waals surface area contributed by atoms with Gasteiger partial charge in [-0.2, -0.15) is 0 Å². The summed E-state index contributed by atoms with van der Waals surface area (Å²) in [6.45, 7) is 0. The van der Waals surface area contributed by atoms with Gasteiger partial charge in [-0.15, -0.1) is 0 Å². The van der Waals surface area contributed by atoms with Gasteiger partial charge in [-0.3, -0.25) is 4.98 Å². The van der Waals surface area contributed by atoms with Gasteiger partial charge < -0.3 is 14.0 Å². The average Bonchev–Trinajstić information content (AvgIpc) is 3.63. The van der Waals surface area contributed by atoms with Crippen LogP contribution in [0.1, 0.15) is 0 Å². The normalized spacial score (nSPS) is 11.6. The molecule has 0 fully saturated rings. The fourth-order valence-corrected chi connectivity index (χ4v) is 6.80. The lowest BCUT2D eigenvalue weighted by molar-refractivity contribution is 1.14. The van der Waals surface area contributed by atoms with Gasteiger partial charge in [0, 0.05) is 50.8 Å². The van der Waals surface area contributed by atoms with E-state index < -0.39 is 0 Å². The van der Waals surface area contributed by atoms with Crippen molar-refractivity contribution >= 4 is 60.8 Å². The first-order valence-electron chi connectivity index (χ1n) is 15.2. The van der Waals surface area contributed by atoms with Crippen molar-refractivity contribution in [3.05, 3.63) is 170 Å². The molecule has 4 heteroatoms. The van der Waals surface area contributed by atoms with Gasteiger partial charge in [0.25, 0.3) is 0 Å². The summed E-state index contributed by atoms with van der Waals surface area (Å²) in [6, 6.07) is 57.8. The third kappa shape index (κ3) is 3.96. The highest BCUT2D eigenvalue weighted by Gasteiger charge is 2.22. The van der Waals surface area contributed by atoms with E-state index in [1.165, 1.54) is 10.9 Å². The second-order valence-corrected chi connectivity index (χ2v) is 11.3. The number of anilines is 3. The first-order valence-corrected chi connectivity index (χ1v) is 15.2. The molecule has 45 heavy (non-hydrogen) atoms. The van der Waals surface area contributed by atoms with Gasteiger partial charge in [-0.1, -0.05) is 91.0 Å². The van der Waals surface area contributed by atoms with Crippen LogP contribution in [0.5, 0.6) is 0 Å². The maximum absolute atomic E-state index is 5.12. The summed E-state index contributed by atoms with van der Waals surface area (Å²) >= 11 is 0. The monoisotopic (exact) mass is 576 g/mol. The molecular formula is C41H28N4. The minimum atomic E-state index is 0.998. The molecule has 0 amide bonds. The van der Waals surface area contributed by atoms with Crippen molar-refractivity contribution in [1.29, 1.82) is 0 Å². The van der Waals surface area contributed by atoms with Crippen LogP contribution >= 0.6 is 0 Å². The van der Waals surface area contributed by atoms with Gasteiger partial charge >= 0.3 is 0 Å². The first-order chi connectivity index (χ1) is 22.4. The molecule has 0 spiro atoms. The van der Waals surface area contributed by atoms with E-state index >= 15 is 0 Å². The third-order valence-electron chi connectivity index (χ3n) is 8.72. The molecule has 0 atom stereocenters. The van der Waals surface area contributed by atoms with Crippen LogP contribution in [0.2, 0.25) is 0 Å². The van der Waals surface area contributed by atoms with Crippen LogP contribution in [0.15, 0.2) is 170 Å². The zero-order valence-electron chi connectivity index (χ0n) is 24.5. The lowest BCUT2D eigenvalue weighted by Crippen LogP contribution is -2.09. The fraction of sp³-hybridized carbons (Fsp3) is 0. The van der Waals surface area contributed by atoms with Crippen LogP contribution in [0.3, 0.4) is 0 Å². The second-order valence-electron chi connectivity index (χ2n) is 11.3. The number of hydrogen-bond acceptors (Lipinski definition) is 2. The van der Waals surface area contributed by atoms with E-state index in [1.54, 1.807) is 0 Å². The van der Waals surface area contributed by atoms with Crippen LogP contribution in [0, 0.1) is 0 Å². The number of nitrogens with zero attached hydrogens (tertiary/aromatic N) is 4. The highest BCUT2D eigenvalue weighted by atomic mass is 15.1. The second kappa shape index (κ2) is 10.2. The maximum atomic E-state index is 5.12. The Hall–Kier alpha value is -6.13. The lowest BCUT2D eigenvalue weighted by Gasteiger charge is -2.25. The van der Waals surface area contributed by atoms with Crippen molar-refractivity contribution in [2.75, 3.05) is 4.90 Å². The molecule has 0 unspecified atom stereocenters. The third-order valence-corrected chi connectivity index (χ3v) is 8.72. The van der Waals surface area contributed by atoms with Gasteiger partial charge in [0.05, 0.1) is 27.6 Å². The topological polar surface area (TPSA) is 26.0 Å². The number of para-hydroxylation sites is 5. The lowest BCUT2D eigenvalue weighted by atomic mass is 10.1. The number of pyridine rings is 1. The molecule has 6 aromatic carbocycles. The molecule has 0 saturated heterocycles. The van der Waals surface area contributed by atoms with Gasteiger partial charge in [0.1, 0.15) is 0 Å². The molecule has 4 nitrogen and oxygen atoms in total. The summed E-state index contributed by atoms with van der Waals surface area (Å²) in [5, 5.41) is 3.47. The molecular weight excluding hydrogens is 548 g/mol. The van der Waals surface area contributed by atoms with E-state index in [1.807, 2.05) is 0 Å². The molecule has 3 heterocycles. The molecule has 9 rings (SSSR count). The largest absolute Gasteiger partial charge is 0.311 e. The minimum absolute atomic E-state index is 0.998. The molecule has 212 valence electrons. The molecule has 9 aromatic rings. The summed E-state index contributed by atoms with van der Waals surface area (Å²) in [4.78, 5) is 7.42. The Kier molecular flexibility index (Phi) is 5.78. The number of hydrogen-bond donors (Lipinski definition) is 0. The van der Waals surface area contributed by atoms with Crippen molar-refractivity contribution in [2.45, 2.75) is 0 Å². The highest BCUT2D eigenvalue weighted by Crippen LogP contribution is 2.41. The Morgan fingerprint density at radius 2 is 0.844 bits per heavy atom. The molecule has 0 N–H and O–H groups in total. The Bertz CT molecular complexity index is 2420. The summed E-state index contributed by atoms with van der Waals surface area (Å²) < 4.78 is 4.78. The van der Waals surface area contributed by atoms with Gasteiger partial charge in [0.15, 0.2) is 0 Å². The Morgan fingerprint density at radius 1 is 0.378 bits per heavy atom. The SMILES string of the molecule is c1ccc(N(c2ccccc2)c2ccc(-n3c4ccccc4c4ncc5c6ccccc6n(-c6ccccc6)c5c43)cc2)cc1. The Balaban J connectivity index is 1.33. The minimum Gasteiger partial charge on any atom is -0.311 e. The summed E-state index contributed by atoms with van der Waals surface area (Å²) in [6.07, 6.45) is 2.05. The van der Waals surface area contributed by atoms with Gasteiger partial charge in [-0.05, 0) is 72.8 Å². The van der Waals surface area contributed by atoms with E-state index in [9.17, 15) is 0 Å². The molecule has 0 radical (unpaired) electrons. The number of fused-ring (bicyclic) bond motifs is 7. The molecule has 0 saturated carbocycles. The zero-order chi connectivity index (χ0) is 29.7. The highest BCUT2D eigenvalue weighted by molar-refractivity contribution is 6.22. The van der Waals surface area contributed by atoms with E-state index in [0.717, 1.165) is 61.3 Å². The van der Waals surface area contributed by atoms with E-state index in [0.29, 0.717) is 0 Å². The van der Waals surface area contributed by atoms with E-state index in [2.05, 4.69) is 184 Å². The number of rotatable bonds is 5. The fourth-order valence-electron chi connectivity index (χ4n) is 6.80. The van der Waals surface area contributed by atoms with Gasteiger partial charge in [-0.25, -0.2) is 0 Å². The summed E-state index contributed by atoms with van der Waals surface area (Å²) in [7, 11) is 0. The molecule has 0 aliphatic heterocycles. The van der Waals surface area contributed by atoms with Crippen molar-refractivity contribution in [1.82, 2.24) is 14.1 Å². The quantitative estimate of drug-likeness (QED) is 0.204. The number of aromatic nitrogens is 3. The maximum Gasteiger partial charge on any atom is 0.0985 e. The van der Waals surface area contributed by atoms with Crippen molar-refractivity contribution in [3.63, 3.8) is 0 Å². The Labute approximate surface area is 260 Å². The van der Waals surface area contributed by atoms with E-state index in [-0.39, 0.29) is 0 Å². The van der Waals surface area contributed by atoms with Crippen LogP contribution in [0.4, 0.5) is 17.1 Å². The molecule has 0 aliphatic carbocycles. The average molecular weight is 577 g/mol. The predicted octanol–water partition coefficient (Wildman–Crippen LogP) is 10.7. The number of benzene rings is 6. The molecule has 3 aromatic heterocycles. The summed E-state index contributed by atoms with van der Waals surface area (Å²) in [5.74, 6) is 0.